The molecule has 0 radical (unpaired) electrons. The molecule has 1 heteroatoms. The monoisotopic (exact) mass is 253 g/mol. The van der Waals surface area contributed by atoms with E-state index in [-0.39, 0.29) is 11.1 Å². The zero-order chi connectivity index (χ0) is 14.0. The molecule has 0 heterocycles. The van der Waals surface area contributed by atoms with E-state index >= 15 is 0 Å². The van der Waals surface area contributed by atoms with Crippen LogP contribution in [0.1, 0.15) is 80.6 Å². The van der Waals surface area contributed by atoms with Crippen molar-refractivity contribution in [3.8, 4) is 0 Å². The van der Waals surface area contributed by atoms with Gasteiger partial charge in [0.25, 0.3) is 0 Å². The predicted molar refractivity (Wildman–Crippen MR) is 81.9 cm³/mol. The first-order valence-electron chi connectivity index (χ1n) is 7.95. The lowest BCUT2D eigenvalue weighted by Crippen LogP contribution is -2.55. The third kappa shape index (κ3) is 4.57. The Labute approximate surface area is 115 Å². The minimum Gasteiger partial charge on any atom is -0.307 e. The molecule has 1 aliphatic rings. The molecule has 0 aliphatic heterocycles. The summed E-state index contributed by atoms with van der Waals surface area (Å²) in [6.07, 6.45) is 7.17. The van der Waals surface area contributed by atoms with Gasteiger partial charge in [0.15, 0.2) is 0 Å². The fourth-order valence-corrected chi connectivity index (χ4v) is 3.77. The standard InChI is InChI=1S/C17H35N/c1-8-14-9-11-15(12-10-14)13(2)17(6,7)18-16(3,4)5/h13-15,18H,8-12H2,1-7H3. The van der Waals surface area contributed by atoms with E-state index in [1.54, 1.807) is 0 Å². The summed E-state index contributed by atoms with van der Waals surface area (Å²) in [6, 6.07) is 0. The normalized spacial score (nSPS) is 28.2. The fraction of sp³-hybridized carbons (Fsp3) is 1.00. The van der Waals surface area contributed by atoms with Crippen molar-refractivity contribution in [1.29, 1.82) is 0 Å². The topological polar surface area (TPSA) is 12.0 Å². The molecule has 0 aromatic rings. The lowest BCUT2D eigenvalue weighted by atomic mass is 9.69. The van der Waals surface area contributed by atoms with E-state index in [2.05, 4.69) is 53.8 Å². The molecule has 0 bridgehead atoms. The molecular weight excluding hydrogens is 218 g/mol. The second-order valence-electron chi connectivity index (χ2n) is 8.07. The van der Waals surface area contributed by atoms with Crippen molar-refractivity contribution in [2.24, 2.45) is 17.8 Å². The number of nitrogens with one attached hydrogen (secondary N) is 1. The van der Waals surface area contributed by atoms with Gasteiger partial charge in [-0.15, -0.1) is 0 Å². The van der Waals surface area contributed by atoms with Crippen LogP contribution in [-0.2, 0) is 0 Å². The van der Waals surface area contributed by atoms with E-state index in [1.165, 1.54) is 32.1 Å². The van der Waals surface area contributed by atoms with Gasteiger partial charge in [-0.3, -0.25) is 0 Å². The van der Waals surface area contributed by atoms with Gasteiger partial charge >= 0.3 is 0 Å². The summed E-state index contributed by atoms with van der Waals surface area (Å²) < 4.78 is 0. The van der Waals surface area contributed by atoms with Crippen molar-refractivity contribution < 1.29 is 0 Å². The quantitative estimate of drug-likeness (QED) is 0.743. The fourth-order valence-electron chi connectivity index (χ4n) is 3.77. The predicted octanol–water partition coefficient (Wildman–Crippen LogP) is 5.01. The highest BCUT2D eigenvalue weighted by Gasteiger charge is 2.36. The van der Waals surface area contributed by atoms with E-state index in [0.29, 0.717) is 0 Å². The maximum Gasteiger partial charge on any atom is 0.0158 e. The Balaban J connectivity index is 2.56. The van der Waals surface area contributed by atoms with Gasteiger partial charge in [-0.1, -0.05) is 33.1 Å². The smallest absolute Gasteiger partial charge is 0.0158 e. The highest BCUT2D eigenvalue weighted by atomic mass is 15.0. The Bertz CT molecular complexity index is 241. The minimum absolute atomic E-state index is 0.207. The lowest BCUT2D eigenvalue weighted by Gasteiger charge is -2.44. The van der Waals surface area contributed by atoms with Crippen LogP contribution in [0, 0.1) is 17.8 Å². The lowest BCUT2D eigenvalue weighted by molar-refractivity contribution is 0.115. The van der Waals surface area contributed by atoms with Gasteiger partial charge in [0, 0.05) is 11.1 Å². The van der Waals surface area contributed by atoms with Crippen molar-refractivity contribution in [1.82, 2.24) is 5.32 Å². The molecule has 0 aromatic carbocycles. The van der Waals surface area contributed by atoms with Crippen LogP contribution in [0.3, 0.4) is 0 Å². The van der Waals surface area contributed by atoms with Crippen molar-refractivity contribution in [2.75, 3.05) is 0 Å². The Morgan fingerprint density at radius 3 is 1.89 bits per heavy atom. The van der Waals surface area contributed by atoms with Crippen LogP contribution in [0.5, 0.6) is 0 Å². The summed E-state index contributed by atoms with van der Waals surface area (Å²) in [4.78, 5) is 0. The van der Waals surface area contributed by atoms with Crippen LogP contribution in [0.25, 0.3) is 0 Å². The molecule has 0 aromatic heterocycles. The molecule has 1 rings (SSSR count). The van der Waals surface area contributed by atoms with Crippen LogP contribution in [0.15, 0.2) is 0 Å². The van der Waals surface area contributed by atoms with Crippen LogP contribution in [-0.4, -0.2) is 11.1 Å². The first kappa shape index (κ1) is 16.0. The summed E-state index contributed by atoms with van der Waals surface area (Å²) in [6.45, 7) is 16.4. The molecule has 108 valence electrons. The molecule has 0 saturated heterocycles. The van der Waals surface area contributed by atoms with Crippen molar-refractivity contribution in [3.05, 3.63) is 0 Å². The summed E-state index contributed by atoms with van der Waals surface area (Å²) in [5.74, 6) is 2.68. The zero-order valence-corrected chi connectivity index (χ0v) is 13.8. The minimum atomic E-state index is 0.207. The van der Waals surface area contributed by atoms with E-state index in [0.717, 1.165) is 17.8 Å². The second-order valence-corrected chi connectivity index (χ2v) is 8.07. The van der Waals surface area contributed by atoms with Crippen molar-refractivity contribution in [3.63, 3.8) is 0 Å². The van der Waals surface area contributed by atoms with E-state index in [4.69, 9.17) is 0 Å². The molecule has 1 nitrogen and oxygen atoms in total. The van der Waals surface area contributed by atoms with E-state index in [1.807, 2.05) is 0 Å². The van der Waals surface area contributed by atoms with E-state index < -0.39 is 0 Å². The first-order chi connectivity index (χ1) is 8.15. The largest absolute Gasteiger partial charge is 0.307 e. The van der Waals surface area contributed by atoms with Crippen LogP contribution in [0.2, 0.25) is 0 Å². The molecule has 1 fully saturated rings. The van der Waals surface area contributed by atoms with Gasteiger partial charge in [-0.2, -0.15) is 0 Å². The first-order valence-corrected chi connectivity index (χ1v) is 7.95. The highest BCUT2D eigenvalue weighted by molar-refractivity contribution is 4.93. The molecule has 1 aliphatic carbocycles. The summed E-state index contributed by atoms with van der Waals surface area (Å²) in [5.41, 5.74) is 0.445. The van der Waals surface area contributed by atoms with Crippen LogP contribution in [0.4, 0.5) is 0 Å². The third-order valence-electron chi connectivity index (χ3n) is 5.01. The Hall–Kier alpha value is -0.0400. The summed E-state index contributed by atoms with van der Waals surface area (Å²) in [5, 5.41) is 3.82. The molecular formula is C17H35N. The van der Waals surface area contributed by atoms with Crippen molar-refractivity contribution in [2.45, 2.75) is 91.6 Å². The van der Waals surface area contributed by atoms with Crippen LogP contribution < -0.4 is 5.32 Å². The number of rotatable bonds is 4. The van der Waals surface area contributed by atoms with Gasteiger partial charge < -0.3 is 5.32 Å². The van der Waals surface area contributed by atoms with Gasteiger partial charge in [-0.25, -0.2) is 0 Å². The summed E-state index contributed by atoms with van der Waals surface area (Å²) >= 11 is 0. The molecule has 1 atom stereocenters. The Kier molecular flexibility index (Phi) is 5.29. The van der Waals surface area contributed by atoms with Crippen molar-refractivity contribution >= 4 is 0 Å². The van der Waals surface area contributed by atoms with Gasteiger partial charge in [0.2, 0.25) is 0 Å². The Morgan fingerprint density at radius 2 is 1.50 bits per heavy atom. The van der Waals surface area contributed by atoms with Gasteiger partial charge in [-0.05, 0) is 65.2 Å². The molecule has 1 N–H and O–H groups in total. The number of hydrogen-bond acceptors (Lipinski definition) is 1. The zero-order valence-electron chi connectivity index (χ0n) is 13.8. The number of hydrogen-bond donors (Lipinski definition) is 1. The molecule has 1 saturated carbocycles. The highest BCUT2D eigenvalue weighted by Crippen LogP contribution is 2.39. The third-order valence-corrected chi connectivity index (χ3v) is 5.01. The summed E-state index contributed by atoms with van der Waals surface area (Å²) in [7, 11) is 0. The average Bonchev–Trinajstić information content (AvgIpc) is 2.25. The second kappa shape index (κ2) is 5.94. The van der Waals surface area contributed by atoms with Crippen LogP contribution >= 0.6 is 0 Å². The average molecular weight is 253 g/mol. The van der Waals surface area contributed by atoms with Gasteiger partial charge in [0.1, 0.15) is 0 Å². The Morgan fingerprint density at radius 1 is 1.00 bits per heavy atom. The maximum absolute atomic E-state index is 3.82. The maximum atomic E-state index is 3.82. The SMILES string of the molecule is CCC1CCC(C(C)C(C)(C)NC(C)(C)C)CC1. The molecule has 0 amide bonds. The molecule has 18 heavy (non-hydrogen) atoms. The van der Waals surface area contributed by atoms with E-state index in [9.17, 15) is 0 Å². The molecule has 1 unspecified atom stereocenters. The van der Waals surface area contributed by atoms with Gasteiger partial charge in [0.05, 0.1) is 0 Å². The molecule has 0 spiro atoms.